The Kier molecular flexibility index (Phi) is 4.95. The number of hydrogen-bond acceptors (Lipinski definition) is 4. The van der Waals surface area contributed by atoms with Gasteiger partial charge < -0.3 is 9.73 Å². The summed E-state index contributed by atoms with van der Waals surface area (Å²) >= 11 is 6.11. The number of anilines is 1. The van der Waals surface area contributed by atoms with E-state index >= 15 is 0 Å². The summed E-state index contributed by atoms with van der Waals surface area (Å²) in [6.45, 7) is 1.80. The molecule has 4 rings (SSSR count). The van der Waals surface area contributed by atoms with E-state index in [1.165, 1.54) is 0 Å². The lowest BCUT2D eigenvalue weighted by Gasteiger charge is -2.11. The van der Waals surface area contributed by atoms with Crippen LogP contribution in [0.2, 0.25) is 5.02 Å². The van der Waals surface area contributed by atoms with Crippen LogP contribution in [0.25, 0.3) is 17.1 Å². The highest BCUT2D eigenvalue weighted by Gasteiger charge is 2.16. The summed E-state index contributed by atoms with van der Waals surface area (Å²) in [5.74, 6) is 0.903. The van der Waals surface area contributed by atoms with Crippen molar-refractivity contribution >= 4 is 23.2 Å². The van der Waals surface area contributed by atoms with Gasteiger partial charge in [0.1, 0.15) is 5.76 Å². The number of hydrogen-bond donors (Lipinski definition) is 1. The molecule has 2 aromatic heterocycles. The Labute approximate surface area is 166 Å². The predicted octanol–water partition coefficient (Wildman–Crippen LogP) is 4.67. The smallest absolute Gasteiger partial charge is 0.230 e. The van der Waals surface area contributed by atoms with Gasteiger partial charge in [0, 0.05) is 23.0 Å². The number of amides is 1. The van der Waals surface area contributed by atoms with E-state index in [-0.39, 0.29) is 12.3 Å². The number of carbonyl (C=O) groups is 1. The zero-order valence-electron chi connectivity index (χ0n) is 15.1. The van der Waals surface area contributed by atoms with E-state index < -0.39 is 0 Å². The number of carbonyl (C=O) groups excluding carboxylic acids is 1. The van der Waals surface area contributed by atoms with Gasteiger partial charge in [-0.15, -0.1) is 0 Å². The monoisotopic (exact) mass is 392 g/mol. The van der Waals surface area contributed by atoms with Crippen LogP contribution in [-0.4, -0.2) is 20.7 Å². The first-order chi connectivity index (χ1) is 13.6. The van der Waals surface area contributed by atoms with Crippen LogP contribution in [0.3, 0.4) is 0 Å². The zero-order valence-corrected chi connectivity index (χ0v) is 15.8. The van der Waals surface area contributed by atoms with E-state index in [1.807, 2.05) is 36.4 Å². The van der Waals surface area contributed by atoms with Crippen LogP contribution < -0.4 is 5.32 Å². The third-order valence-corrected chi connectivity index (χ3v) is 4.46. The Morgan fingerprint density at radius 1 is 1.18 bits per heavy atom. The lowest BCUT2D eigenvalue weighted by atomic mass is 10.2. The van der Waals surface area contributed by atoms with E-state index in [0.29, 0.717) is 28.1 Å². The Bertz CT molecular complexity index is 1100. The van der Waals surface area contributed by atoms with Gasteiger partial charge >= 0.3 is 0 Å². The largest absolute Gasteiger partial charge is 0.441 e. The summed E-state index contributed by atoms with van der Waals surface area (Å²) < 4.78 is 7.39. The fourth-order valence-electron chi connectivity index (χ4n) is 2.86. The molecule has 0 radical (unpaired) electrons. The highest BCUT2D eigenvalue weighted by molar-refractivity contribution is 6.31. The minimum Gasteiger partial charge on any atom is -0.441 e. The molecule has 0 aliphatic carbocycles. The first kappa shape index (κ1) is 18.0. The van der Waals surface area contributed by atoms with E-state index in [4.69, 9.17) is 16.0 Å². The number of oxazole rings is 1. The number of aryl methyl sites for hydroxylation is 1. The van der Waals surface area contributed by atoms with Crippen molar-refractivity contribution in [1.29, 1.82) is 0 Å². The van der Waals surface area contributed by atoms with Crippen molar-refractivity contribution in [3.05, 3.63) is 83.5 Å². The van der Waals surface area contributed by atoms with Crippen molar-refractivity contribution in [3.63, 3.8) is 0 Å². The molecule has 0 aliphatic rings. The minimum absolute atomic E-state index is 0.0905. The average Bonchev–Trinajstić information content (AvgIpc) is 3.33. The van der Waals surface area contributed by atoms with Crippen molar-refractivity contribution in [1.82, 2.24) is 14.8 Å². The van der Waals surface area contributed by atoms with Crippen molar-refractivity contribution in [2.75, 3.05) is 5.32 Å². The summed E-state index contributed by atoms with van der Waals surface area (Å²) in [7, 11) is 0. The summed E-state index contributed by atoms with van der Waals surface area (Å²) in [5.41, 5.74) is 2.77. The second-order valence-electron chi connectivity index (χ2n) is 6.22. The fourth-order valence-corrected chi connectivity index (χ4v) is 3.03. The van der Waals surface area contributed by atoms with Gasteiger partial charge in [0.25, 0.3) is 0 Å². The maximum absolute atomic E-state index is 12.6. The van der Waals surface area contributed by atoms with E-state index in [9.17, 15) is 4.79 Å². The average molecular weight is 393 g/mol. The molecular formula is C21H17ClN4O2. The molecule has 28 heavy (non-hydrogen) atoms. The predicted molar refractivity (Wildman–Crippen MR) is 108 cm³/mol. The Morgan fingerprint density at radius 2 is 2.00 bits per heavy atom. The zero-order chi connectivity index (χ0) is 19.5. The lowest BCUT2D eigenvalue weighted by molar-refractivity contribution is -0.115. The van der Waals surface area contributed by atoms with Crippen molar-refractivity contribution < 1.29 is 9.21 Å². The van der Waals surface area contributed by atoms with Crippen LogP contribution in [0, 0.1) is 6.92 Å². The molecule has 2 heterocycles. The molecule has 2 aromatic carbocycles. The third kappa shape index (κ3) is 3.82. The molecule has 0 aliphatic heterocycles. The number of halogens is 1. The molecule has 140 valence electrons. The molecule has 1 amide bonds. The quantitative estimate of drug-likeness (QED) is 0.535. The van der Waals surface area contributed by atoms with Gasteiger partial charge in [-0.2, -0.15) is 5.10 Å². The number of nitrogens with one attached hydrogen (secondary N) is 1. The second kappa shape index (κ2) is 7.70. The molecule has 0 spiro atoms. The molecule has 0 saturated carbocycles. The lowest BCUT2D eigenvalue weighted by Crippen LogP contribution is -2.17. The van der Waals surface area contributed by atoms with Crippen molar-refractivity contribution in [2.24, 2.45) is 0 Å². The molecular weight excluding hydrogens is 376 g/mol. The number of rotatable bonds is 5. The molecule has 4 aromatic rings. The van der Waals surface area contributed by atoms with Gasteiger partial charge in [-0.1, -0.05) is 29.8 Å². The van der Waals surface area contributed by atoms with Gasteiger partial charge in [0.15, 0.2) is 0 Å². The fraction of sp³-hybridized carbons (Fsp3) is 0.0952. The molecule has 7 heteroatoms. The highest BCUT2D eigenvalue weighted by atomic mass is 35.5. The molecule has 0 atom stereocenters. The van der Waals surface area contributed by atoms with Crippen LogP contribution in [0.5, 0.6) is 0 Å². The first-order valence-electron chi connectivity index (χ1n) is 8.71. The van der Waals surface area contributed by atoms with Gasteiger partial charge in [0.05, 0.1) is 23.5 Å². The van der Waals surface area contributed by atoms with Crippen LogP contribution in [0.4, 0.5) is 5.69 Å². The van der Waals surface area contributed by atoms with Gasteiger partial charge in [-0.25, -0.2) is 9.67 Å². The Balaban J connectivity index is 1.55. The van der Waals surface area contributed by atoms with Crippen molar-refractivity contribution in [3.8, 4) is 17.1 Å². The van der Waals surface area contributed by atoms with Gasteiger partial charge in [0.2, 0.25) is 11.8 Å². The maximum atomic E-state index is 12.6. The molecule has 0 unspecified atom stereocenters. The van der Waals surface area contributed by atoms with E-state index in [1.54, 1.807) is 42.2 Å². The van der Waals surface area contributed by atoms with Crippen molar-refractivity contribution in [2.45, 2.75) is 13.3 Å². The summed E-state index contributed by atoms with van der Waals surface area (Å²) in [4.78, 5) is 17.1. The highest BCUT2D eigenvalue weighted by Crippen LogP contribution is 2.25. The standard InChI is InChI=1S/C21H17ClN4O2/c1-14-17(25-21(28-14)15-6-3-2-4-7-15)13-20(27)24-18-12-16(22)8-9-19(18)26-11-5-10-23-26/h2-12H,13H2,1H3,(H,24,27). The molecule has 0 saturated heterocycles. The Morgan fingerprint density at radius 3 is 2.75 bits per heavy atom. The molecule has 0 fully saturated rings. The maximum Gasteiger partial charge on any atom is 0.230 e. The Hall–Kier alpha value is -3.38. The van der Waals surface area contributed by atoms with Gasteiger partial charge in [-0.3, -0.25) is 4.79 Å². The van der Waals surface area contributed by atoms with E-state index in [2.05, 4.69) is 15.4 Å². The summed E-state index contributed by atoms with van der Waals surface area (Å²) in [6, 6.07) is 16.6. The summed E-state index contributed by atoms with van der Waals surface area (Å²) in [6.07, 6.45) is 3.56. The number of aromatic nitrogens is 3. The van der Waals surface area contributed by atoms with E-state index in [0.717, 1.165) is 11.3 Å². The van der Waals surface area contributed by atoms with Crippen LogP contribution in [-0.2, 0) is 11.2 Å². The summed E-state index contributed by atoms with van der Waals surface area (Å²) in [5, 5.41) is 7.64. The SMILES string of the molecule is Cc1oc(-c2ccccc2)nc1CC(=O)Nc1cc(Cl)ccc1-n1cccn1. The van der Waals surface area contributed by atoms with Crippen LogP contribution in [0.15, 0.2) is 71.4 Å². The number of benzene rings is 2. The number of nitrogens with zero attached hydrogens (tertiary/aromatic N) is 3. The van der Waals surface area contributed by atoms with Crippen LogP contribution >= 0.6 is 11.6 Å². The topological polar surface area (TPSA) is 73.0 Å². The van der Waals surface area contributed by atoms with Gasteiger partial charge in [-0.05, 0) is 43.3 Å². The normalized spacial score (nSPS) is 10.8. The molecule has 1 N–H and O–H groups in total. The molecule has 6 nitrogen and oxygen atoms in total. The molecule has 0 bridgehead atoms. The first-order valence-corrected chi connectivity index (χ1v) is 9.09. The third-order valence-electron chi connectivity index (χ3n) is 4.23. The second-order valence-corrected chi connectivity index (χ2v) is 6.66. The minimum atomic E-state index is -0.216. The van der Waals surface area contributed by atoms with Crippen LogP contribution in [0.1, 0.15) is 11.5 Å².